The van der Waals surface area contributed by atoms with Crippen LogP contribution in [0, 0.1) is 11.7 Å². The van der Waals surface area contributed by atoms with Crippen LogP contribution in [-0.4, -0.2) is 50.7 Å². The molecule has 1 amide bonds. The van der Waals surface area contributed by atoms with Gasteiger partial charge in [0.05, 0.1) is 10.8 Å². The maximum atomic E-state index is 13.4. The van der Waals surface area contributed by atoms with Crippen molar-refractivity contribution in [3.63, 3.8) is 0 Å². The molecule has 0 aliphatic carbocycles. The van der Waals surface area contributed by atoms with Gasteiger partial charge >= 0.3 is 0 Å². The molecule has 2 aromatic rings. The van der Waals surface area contributed by atoms with Gasteiger partial charge in [-0.15, -0.1) is 0 Å². The highest BCUT2D eigenvalue weighted by molar-refractivity contribution is 7.89. The van der Waals surface area contributed by atoms with Crippen molar-refractivity contribution in [3.8, 4) is 0 Å². The standard InChI is InChI=1S/C21H26FN3O3S/c1-24(2)29(27,28)20-10-4-9-19(13-20)23-21(26)17-7-5-11-25(15-17)14-16-6-3-8-18(22)12-16/h3-4,6,8-10,12-13,17H,5,7,11,14-15H2,1-2H3,(H,23,26). The van der Waals surface area contributed by atoms with Crippen LogP contribution >= 0.6 is 0 Å². The number of benzene rings is 2. The molecule has 0 bridgehead atoms. The Morgan fingerprint density at radius 1 is 1.21 bits per heavy atom. The highest BCUT2D eigenvalue weighted by Crippen LogP contribution is 2.22. The van der Waals surface area contributed by atoms with E-state index in [1.165, 1.54) is 38.4 Å². The number of carbonyl (C=O) groups excluding carboxylic acids is 1. The average molecular weight is 420 g/mol. The van der Waals surface area contributed by atoms with E-state index in [2.05, 4.69) is 10.2 Å². The third-order valence-corrected chi connectivity index (χ3v) is 6.86. The van der Waals surface area contributed by atoms with E-state index < -0.39 is 10.0 Å². The van der Waals surface area contributed by atoms with Crippen molar-refractivity contribution in [1.82, 2.24) is 9.21 Å². The Balaban J connectivity index is 1.65. The second-order valence-electron chi connectivity index (χ2n) is 7.51. The van der Waals surface area contributed by atoms with Crippen LogP contribution in [-0.2, 0) is 21.4 Å². The van der Waals surface area contributed by atoms with Crippen molar-refractivity contribution in [3.05, 3.63) is 59.9 Å². The van der Waals surface area contributed by atoms with Crippen LogP contribution in [0.3, 0.4) is 0 Å². The fourth-order valence-corrected chi connectivity index (χ4v) is 4.44. The lowest BCUT2D eigenvalue weighted by molar-refractivity contribution is -0.121. The van der Waals surface area contributed by atoms with Crippen LogP contribution in [0.15, 0.2) is 53.4 Å². The average Bonchev–Trinajstić information content (AvgIpc) is 2.68. The highest BCUT2D eigenvalue weighted by atomic mass is 32.2. The van der Waals surface area contributed by atoms with Gasteiger partial charge in [-0.2, -0.15) is 0 Å². The molecule has 1 aliphatic rings. The third kappa shape index (κ3) is 5.41. The number of piperidine rings is 1. The van der Waals surface area contributed by atoms with Crippen LogP contribution in [0.4, 0.5) is 10.1 Å². The zero-order valence-corrected chi connectivity index (χ0v) is 17.5. The van der Waals surface area contributed by atoms with Gasteiger partial charge < -0.3 is 5.32 Å². The van der Waals surface area contributed by atoms with E-state index in [0.717, 1.165) is 29.3 Å². The molecule has 0 aromatic heterocycles. The van der Waals surface area contributed by atoms with Crippen molar-refractivity contribution in [2.75, 3.05) is 32.5 Å². The molecule has 0 spiro atoms. The smallest absolute Gasteiger partial charge is 0.242 e. The Kier molecular flexibility index (Phi) is 6.66. The number of sulfonamides is 1. The molecule has 1 aliphatic heterocycles. The van der Waals surface area contributed by atoms with Gasteiger partial charge in [-0.25, -0.2) is 17.1 Å². The van der Waals surface area contributed by atoms with Crippen LogP contribution in [0.25, 0.3) is 0 Å². The van der Waals surface area contributed by atoms with Gasteiger partial charge in [0.1, 0.15) is 5.82 Å². The summed E-state index contributed by atoms with van der Waals surface area (Å²) >= 11 is 0. The van der Waals surface area contributed by atoms with Gasteiger partial charge in [0, 0.05) is 32.9 Å². The number of nitrogens with zero attached hydrogens (tertiary/aromatic N) is 2. The first-order valence-electron chi connectivity index (χ1n) is 9.56. The lowest BCUT2D eigenvalue weighted by Crippen LogP contribution is -2.40. The van der Waals surface area contributed by atoms with Crippen molar-refractivity contribution in [2.45, 2.75) is 24.3 Å². The fraction of sp³-hybridized carbons (Fsp3) is 0.381. The summed E-state index contributed by atoms with van der Waals surface area (Å²) < 4.78 is 39.1. The predicted molar refractivity (Wildman–Crippen MR) is 110 cm³/mol. The first-order valence-corrected chi connectivity index (χ1v) is 11.0. The van der Waals surface area contributed by atoms with E-state index in [0.29, 0.717) is 18.8 Å². The predicted octanol–water partition coefficient (Wildman–Crippen LogP) is 2.93. The summed E-state index contributed by atoms with van der Waals surface area (Å²) in [5.41, 5.74) is 1.34. The number of nitrogens with one attached hydrogen (secondary N) is 1. The van der Waals surface area contributed by atoms with Crippen LogP contribution in [0.1, 0.15) is 18.4 Å². The van der Waals surface area contributed by atoms with Crippen LogP contribution in [0.2, 0.25) is 0 Å². The first-order chi connectivity index (χ1) is 13.8. The Hall–Kier alpha value is -2.29. The normalized spacial score (nSPS) is 18.0. The van der Waals surface area contributed by atoms with Crippen molar-refractivity contribution in [1.29, 1.82) is 0 Å². The van der Waals surface area contributed by atoms with E-state index in [4.69, 9.17) is 0 Å². The molecule has 1 saturated heterocycles. The number of hydrogen-bond acceptors (Lipinski definition) is 4. The molecule has 156 valence electrons. The molecule has 2 aromatic carbocycles. The SMILES string of the molecule is CN(C)S(=O)(=O)c1cccc(NC(=O)C2CCCN(Cc3cccc(F)c3)C2)c1. The third-order valence-electron chi connectivity index (χ3n) is 5.05. The van der Waals surface area contributed by atoms with Crippen LogP contribution < -0.4 is 5.32 Å². The zero-order valence-electron chi connectivity index (χ0n) is 16.6. The maximum Gasteiger partial charge on any atom is 0.242 e. The molecule has 1 fully saturated rings. The molecular weight excluding hydrogens is 393 g/mol. The summed E-state index contributed by atoms with van der Waals surface area (Å²) in [6, 6.07) is 12.8. The topological polar surface area (TPSA) is 69.7 Å². The zero-order chi connectivity index (χ0) is 21.0. The molecule has 6 nitrogen and oxygen atoms in total. The first kappa shape index (κ1) is 21.4. The molecule has 1 atom stereocenters. The monoisotopic (exact) mass is 419 g/mol. The van der Waals surface area contributed by atoms with Gasteiger partial charge in [-0.05, 0) is 55.3 Å². The minimum Gasteiger partial charge on any atom is -0.326 e. The Morgan fingerprint density at radius 3 is 2.69 bits per heavy atom. The van der Waals surface area contributed by atoms with Gasteiger partial charge in [0.15, 0.2) is 0 Å². The number of hydrogen-bond donors (Lipinski definition) is 1. The fourth-order valence-electron chi connectivity index (χ4n) is 3.50. The lowest BCUT2D eigenvalue weighted by Gasteiger charge is -2.32. The molecule has 8 heteroatoms. The number of carbonyl (C=O) groups is 1. The number of rotatable bonds is 6. The lowest BCUT2D eigenvalue weighted by atomic mass is 9.96. The summed E-state index contributed by atoms with van der Waals surface area (Å²) in [6.45, 7) is 2.03. The van der Waals surface area contributed by atoms with E-state index in [1.807, 2.05) is 6.07 Å². The summed E-state index contributed by atoms with van der Waals surface area (Å²) in [7, 11) is -0.628. The molecule has 1 unspecified atom stereocenters. The molecular formula is C21H26FN3O3S. The quantitative estimate of drug-likeness (QED) is 0.782. The summed E-state index contributed by atoms with van der Waals surface area (Å²) in [5, 5.41) is 2.85. The van der Waals surface area contributed by atoms with Gasteiger partial charge in [0.2, 0.25) is 15.9 Å². The van der Waals surface area contributed by atoms with Crippen molar-refractivity contribution >= 4 is 21.6 Å². The maximum absolute atomic E-state index is 13.4. The van der Waals surface area contributed by atoms with Crippen LogP contribution in [0.5, 0.6) is 0 Å². The number of amides is 1. The Labute approximate surface area is 171 Å². The number of anilines is 1. The number of halogens is 1. The second-order valence-corrected chi connectivity index (χ2v) is 9.66. The number of likely N-dealkylation sites (tertiary alicyclic amines) is 1. The van der Waals surface area contributed by atoms with Crippen molar-refractivity contribution < 1.29 is 17.6 Å². The summed E-state index contributed by atoms with van der Waals surface area (Å²) in [4.78, 5) is 15.0. The summed E-state index contributed by atoms with van der Waals surface area (Å²) in [5.74, 6) is -0.596. The minimum absolute atomic E-state index is 0.131. The second kappa shape index (κ2) is 9.02. The van der Waals surface area contributed by atoms with E-state index in [9.17, 15) is 17.6 Å². The van der Waals surface area contributed by atoms with Crippen molar-refractivity contribution in [2.24, 2.45) is 5.92 Å². The summed E-state index contributed by atoms with van der Waals surface area (Å²) in [6.07, 6.45) is 1.64. The molecule has 29 heavy (non-hydrogen) atoms. The van der Waals surface area contributed by atoms with Gasteiger partial charge in [0.25, 0.3) is 0 Å². The molecule has 0 radical (unpaired) electrons. The van der Waals surface area contributed by atoms with Gasteiger partial charge in [-0.1, -0.05) is 18.2 Å². The van der Waals surface area contributed by atoms with E-state index in [1.54, 1.807) is 18.2 Å². The Bertz CT molecular complexity index is 979. The molecule has 1 heterocycles. The molecule has 1 N–H and O–H groups in total. The van der Waals surface area contributed by atoms with E-state index >= 15 is 0 Å². The van der Waals surface area contributed by atoms with Gasteiger partial charge in [-0.3, -0.25) is 9.69 Å². The Morgan fingerprint density at radius 2 is 1.97 bits per heavy atom. The molecule has 0 saturated carbocycles. The molecule has 3 rings (SSSR count). The largest absolute Gasteiger partial charge is 0.326 e. The highest BCUT2D eigenvalue weighted by Gasteiger charge is 2.26. The minimum atomic E-state index is -3.56. The van der Waals surface area contributed by atoms with E-state index in [-0.39, 0.29) is 22.5 Å².